The maximum absolute atomic E-state index is 5.43. The van der Waals surface area contributed by atoms with Crippen LogP contribution in [-0.2, 0) is 6.54 Å². The summed E-state index contributed by atoms with van der Waals surface area (Å²) < 4.78 is 16.3. The second kappa shape index (κ2) is 6.63. The van der Waals surface area contributed by atoms with Gasteiger partial charge in [-0.15, -0.1) is 0 Å². The summed E-state index contributed by atoms with van der Waals surface area (Å²) in [6.45, 7) is 0.567. The minimum Gasteiger partial charge on any atom is -0.493 e. The minimum absolute atomic E-state index is 0.446. The van der Waals surface area contributed by atoms with Crippen molar-refractivity contribution in [2.75, 3.05) is 19.5 Å². The molecule has 0 amide bonds. The predicted molar refractivity (Wildman–Crippen MR) is 95.3 cm³/mol. The molecule has 0 saturated heterocycles. The average Bonchev–Trinajstić information content (AvgIpc) is 3.10. The van der Waals surface area contributed by atoms with Crippen molar-refractivity contribution < 1.29 is 13.9 Å². The molecule has 0 bridgehead atoms. The van der Waals surface area contributed by atoms with Crippen molar-refractivity contribution in [3.05, 3.63) is 42.1 Å². The summed E-state index contributed by atoms with van der Waals surface area (Å²) in [6, 6.07) is 7.65. The number of hydrogen-bond donors (Lipinski definition) is 1. The molecule has 4 rings (SSSR count). The van der Waals surface area contributed by atoms with E-state index < -0.39 is 0 Å². The highest BCUT2D eigenvalue weighted by Gasteiger charge is 2.24. The fourth-order valence-electron chi connectivity index (χ4n) is 3.04. The molecular weight excluding hydrogens is 318 g/mol. The summed E-state index contributed by atoms with van der Waals surface area (Å²) in [4.78, 5) is 9.57. The molecule has 6 heteroatoms. The zero-order valence-corrected chi connectivity index (χ0v) is 14.4. The first kappa shape index (κ1) is 15.7. The van der Waals surface area contributed by atoms with Gasteiger partial charge in [0, 0.05) is 17.4 Å². The zero-order valence-electron chi connectivity index (χ0n) is 14.4. The van der Waals surface area contributed by atoms with Gasteiger partial charge in [0.2, 0.25) is 0 Å². The Labute approximate surface area is 146 Å². The third-order valence-corrected chi connectivity index (χ3v) is 4.70. The number of aromatic nitrogens is 2. The maximum Gasteiger partial charge on any atom is 0.162 e. The Hall–Kier alpha value is -2.76. The molecule has 0 spiro atoms. The molecule has 1 N–H and O–H groups in total. The van der Waals surface area contributed by atoms with Gasteiger partial charge >= 0.3 is 0 Å². The molecule has 1 aliphatic rings. The lowest BCUT2D eigenvalue weighted by Gasteiger charge is -2.24. The number of methoxy groups -OCH3 is 2. The Morgan fingerprint density at radius 3 is 2.60 bits per heavy atom. The number of hydrogen-bond acceptors (Lipinski definition) is 6. The summed E-state index contributed by atoms with van der Waals surface area (Å²) >= 11 is 0. The van der Waals surface area contributed by atoms with E-state index in [-0.39, 0.29) is 0 Å². The van der Waals surface area contributed by atoms with Gasteiger partial charge in [-0.3, -0.25) is 0 Å². The largest absolute Gasteiger partial charge is 0.493 e. The SMILES string of the molecule is COc1cc2nc(C3CCC3)nc(NCc3ccco3)c2cc1OC. The quantitative estimate of drug-likeness (QED) is 0.728. The van der Waals surface area contributed by atoms with Crippen LogP contribution in [0.5, 0.6) is 11.5 Å². The Balaban J connectivity index is 1.78. The summed E-state index contributed by atoms with van der Waals surface area (Å²) in [5, 5.41) is 4.29. The van der Waals surface area contributed by atoms with Crippen LogP contribution in [0.3, 0.4) is 0 Å². The van der Waals surface area contributed by atoms with Crippen molar-refractivity contribution in [1.82, 2.24) is 9.97 Å². The van der Waals surface area contributed by atoms with E-state index in [0.29, 0.717) is 24.0 Å². The lowest BCUT2D eigenvalue weighted by Crippen LogP contribution is -2.14. The van der Waals surface area contributed by atoms with Gasteiger partial charge in [-0.1, -0.05) is 6.42 Å². The topological polar surface area (TPSA) is 69.4 Å². The van der Waals surface area contributed by atoms with Crippen molar-refractivity contribution in [3.63, 3.8) is 0 Å². The van der Waals surface area contributed by atoms with Gasteiger partial charge in [-0.05, 0) is 31.0 Å². The van der Waals surface area contributed by atoms with Gasteiger partial charge in [0.15, 0.2) is 11.5 Å². The van der Waals surface area contributed by atoms with E-state index in [2.05, 4.69) is 5.32 Å². The summed E-state index contributed by atoms with van der Waals surface area (Å²) in [5.74, 6) is 4.33. The van der Waals surface area contributed by atoms with Crippen molar-refractivity contribution >= 4 is 16.7 Å². The van der Waals surface area contributed by atoms with E-state index >= 15 is 0 Å². The lowest BCUT2D eigenvalue weighted by molar-refractivity contribution is 0.355. The Morgan fingerprint density at radius 2 is 1.96 bits per heavy atom. The number of furan rings is 1. The highest BCUT2D eigenvalue weighted by atomic mass is 16.5. The molecule has 0 unspecified atom stereocenters. The molecule has 25 heavy (non-hydrogen) atoms. The normalized spacial score (nSPS) is 14.3. The monoisotopic (exact) mass is 339 g/mol. The van der Waals surface area contributed by atoms with Crippen LogP contribution in [0, 0.1) is 0 Å². The van der Waals surface area contributed by atoms with Gasteiger partial charge in [0.25, 0.3) is 0 Å². The van der Waals surface area contributed by atoms with Crippen molar-refractivity contribution in [1.29, 1.82) is 0 Å². The molecule has 1 saturated carbocycles. The van der Waals surface area contributed by atoms with E-state index in [0.717, 1.165) is 41.1 Å². The molecule has 0 aliphatic heterocycles. The molecule has 1 fully saturated rings. The first-order chi connectivity index (χ1) is 12.3. The van der Waals surface area contributed by atoms with Crippen molar-refractivity contribution in [3.8, 4) is 11.5 Å². The minimum atomic E-state index is 0.446. The fraction of sp³-hybridized carbons (Fsp3) is 0.368. The van der Waals surface area contributed by atoms with Crippen molar-refractivity contribution in [2.24, 2.45) is 0 Å². The van der Waals surface area contributed by atoms with Crippen LogP contribution >= 0.6 is 0 Å². The number of nitrogens with zero attached hydrogens (tertiary/aromatic N) is 2. The summed E-state index contributed by atoms with van der Waals surface area (Å²) in [5.41, 5.74) is 0.858. The molecule has 1 aromatic carbocycles. The van der Waals surface area contributed by atoms with Crippen molar-refractivity contribution in [2.45, 2.75) is 31.7 Å². The van der Waals surface area contributed by atoms with E-state index in [4.69, 9.17) is 23.9 Å². The first-order valence-corrected chi connectivity index (χ1v) is 8.48. The van der Waals surface area contributed by atoms with Crippen LogP contribution in [0.15, 0.2) is 34.9 Å². The Bertz CT molecular complexity index is 873. The molecular formula is C19H21N3O3. The summed E-state index contributed by atoms with van der Waals surface area (Å²) in [6.07, 6.45) is 5.21. The molecule has 0 radical (unpaired) electrons. The van der Waals surface area contributed by atoms with Crippen LogP contribution in [0.25, 0.3) is 10.9 Å². The molecule has 130 valence electrons. The number of anilines is 1. The van der Waals surface area contributed by atoms with E-state index in [1.807, 2.05) is 24.3 Å². The fourth-order valence-corrected chi connectivity index (χ4v) is 3.04. The van der Waals surface area contributed by atoms with Crippen LogP contribution in [0.1, 0.15) is 36.8 Å². The van der Waals surface area contributed by atoms with Gasteiger partial charge in [0.1, 0.15) is 17.4 Å². The van der Waals surface area contributed by atoms with Crippen LogP contribution in [-0.4, -0.2) is 24.2 Å². The van der Waals surface area contributed by atoms with Crippen LogP contribution in [0.4, 0.5) is 5.82 Å². The van der Waals surface area contributed by atoms with E-state index in [1.165, 1.54) is 6.42 Å². The van der Waals surface area contributed by atoms with Crippen LogP contribution < -0.4 is 14.8 Å². The maximum atomic E-state index is 5.43. The number of fused-ring (bicyclic) bond motifs is 1. The molecule has 3 aromatic rings. The van der Waals surface area contributed by atoms with Gasteiger partial charge in [0.05, 0.1) is 32.5 Å². The molecule has 0 atom stereocenters. The number of benzene rings is 1. The van der Waals surface area contributed by atoms with Gasteiger partial charge in [-0.2, -0.15) is 0 Å². The average molecular weight is 339 g/mol. The highest BCUT2D eigenvalue weighted by Crippen LogP contribution is 2.38. The highest BCUT2D eigenvalue weighted by molar-refractivity contribution is 5.91. The first-order valence-electron chi connectivity index (χ1n) is 8.48. The van der Waals surface area contributed by atoms with Crippen LogP contribution in [0.2, 0.25) is 0 Å². The third kappa shape index (κ3) is 2.99. The number of ether oxygens (including phenoxy) is 2. The molecule has 6 nitrogen and oxygen atoms in total. The van der Waals surface area contributed by atoms with Gasteiger partial charge in [-0.25, -0.2) is 9.97 Å². The number of nitrogens with one attached hydrogen (secondary N) is 1. The lowest BCUT2D eigenvalue weighted by atomic mass is 9.85. The molecule has 2 aromatic heterocycles. The summed E-state index contributed by atoms with van der Waals surface area (Å²) in [7, 11) is 3.26. The second-order valence-electron chi connectivity index (χ2n) is 6.22. The predicted octanol–water partition coefficient (Wildman–Crippen LogP) is 4.12. The second-order valence-corrected chi connectivity index (χ2v) is 6.22. The Kier molecular flexibility index (Phi) is 4.17. The van der Waals surface area contributed by atoms with E-state index in [1.54, 1.807) is 20.5 Å². The van der Waals surface area contributed by atoms with Gasteiger partial charge < -0.3 is 19.2 Å². The molecule has 2 heterocycles. The Morgan fingerprint density at radius 1 is 1.16 bits per heavy atom. The zero-order chi connectivity index (χ0) is 17.2. The van der Waals surface area contributed by atoms with E-state index in [9.17, 15) is 0 Å². The smallest absolute Gasteiger partial charge is 0.162 e. The number of rotatable bonds is 6. The standard InChI is InChI=1S/C19H21N3O3/c1-23-16-9-14-15(10-17(16)24-2)21-18(12-5-3-6-12)22-19(14)20-11-13-7-4-8-25-13/h4,7-10,12H,3,5-6,11H2,1-2H3,(H,20,21,22). The molecule has 1 aliphatic carbocycles. The third-order valence-electron chi connectivity index (χ3n) is 4.70.